The zero-order chi connectivity index (χ0) is 8.97. The molecule has 0 aromatic rings. The molecular weight excluding hydrogens is 192 g/mol. The number of nitrogens with two attached hydrogens (primary N) is 1. The second-order valence-electron chi connectivity index (χ2n) is 3.03. The zero-order valence-electron chi connectivity index (χ0n) is 7.79. The third kappa shape index (κ3) is 4.45. The molecule has 0 spiro atoms. The van der Waals surface area contributed by atoms with Crippen molar-refractivity contribution in [1.82, 2.24) is 0 Å². The first-order valence-electron chi connectivity index (χ1n) is 4.31. The first kappa shape index (κ1) is 12.7. The summed E-state index contributed by atoms with van der Waals surface area (Å²) in [4.78, 5) is 0. The predicted octanol–water partition coefficient (Wildman–Crippen LogP) is 1.28. The van der Waals surface area contributed by atoms with Gasteiger partial charge in [-0.15, -0.1) is 12.4 Å². The maximum Gasteiger partial charge on any atom is 0.158 e. The Bertz CT molecular complexity index is 160. The molecule has 1 unspecified atom stereocenters. The van der Waals surface area contributed by atoms with Crippen LogP contribution in [0.2, 0.25) is 0 Å². The van der Waals surface area contributed by atoms with Gasteiger partial charge in [0.2, 0.25) is 0 Å². The predicted molar refractivity (Wildman–Crippen MR) is 53.3 cm³/mol. The van der Waals surface area contributed by atoms with E-state index in [1.807, 2.05) is 0 Å². The largest absolute Gasteiger partial charge is 0.385 e. The number of halogens is 1. The van der Waals surface area contributed by atoms with E-state index in [2.05, 4.69) is 0 Å². The molecule has 0 amide bonds. The molecule has 0 aromatic carbocycles. The van der Waals surface area contributed by atoms with Gasteiger partial charge in [0.1, 0.15) is 11.9 Å². The standard InChI is InChI=1S/C8H16N2O2.ClH/c1-6(8(9)10)12-7-4-2-3-5-11-7;/h6-7H,2-5H2,1H3,(H3,9,10);1H/t6-,7?;/m1./s1. The van der Waals surface area contributed by atoms with Gasteiger partial charge in [-0.25, -0.2) is 0 Å². The van der Waals surface area contributed by atoms with Crippen molar-refractivity contribution in [2.24, 2.45) is 5.73 Å². The minimum absolute atomic E-state index is 0. The molecular formula is C8H17ClN2O2. The van der Waals surface area contributed by atoms with Crippen molar-refractivity contribution in [2.75, 3.05) is 6.61 Å². The lowest BCUT2D eigenvalue weighted by Gasteiger charge is -2.25. The molecule has 0 aliphatic carbocycles. The topological polar surface area (TPSA) is 68.3 Å². The van der Waals surface area contributed by atoms with Crippen molar-refractivity contribution in [1.29, 1.82) is 5.41 Å². The molecule has 0 bridgehead atoms. The Morgan fingerprint density at radius 3 is 2.77 bits per heavy atom. The fourth-order valence-corrected chi connectivity index (χ4v) is 1.12. The quantitative estimate of drug-likeness (QED) is 0.542. The maximum absolute atomic E-state index is 7.12. The highest BCUT2D eigenvalue weighted by Gasteiger charge is 2.18. The molecule has 78 valence electrons. The van der Waals surface area contributed by atoms with E-state index in [0.717, 1.165) is 25.9 Å². The molecule has 0 saturated carbocycles. The fourth-order valence-electron chi connectivity index (χ4n) is 1.12. The number of hydrogen-bond donors (Lipinski definition) is 2. The van der Waals surface area contributed by atoms with E-state index in [0.29, 0.717) is 0 Å². The monoisotopic (exact) mass is 208 g/mol. The van der Waals surface area contributed by atoms with Crippen LogP contribution in [0, 0.1) is 5.41 Å². The van der Waals surface area contributed by atoms with Gasteiger partial charge in [-0.3, -0.25) is 5.41 Å². The fraction of sp³-hybridized carbons (Fsp3) is 0.875. The highest BCUT2D eigenvalue weighted by molar-refractivity contribution is 5.85. The summed E-state index contributed by atoms with van der Waals surface area (Å²) in [6.45, 7) is 2.52. The summed E-state index contributed by atoms with van der Waals surface area (Å²) >= 11 is 0. The van der Waals surface area contributed by atoms with Crippen LogP contribution >= 0.6 is 12.4 Å². The number of nitrogens with one attached hydrogen (secondary N) is 1. The third-order valence-electron chi connectivity index (χ3n) is 1.93. The van der Waals surface area contributed by atoms with Gasteiger partial charge in [0.25, 0.3) is 0 Å². The minimum atomic E-state index is -0.326. The number of rotatable bonds is 3. The summed E-state index contributed by atoms with van der Waals surface area (Å²) in [7, 11) is 0. The molecule has 1 aliphatic heterocycles. The van der Waals surface area contributed by atoms with Crippen LogP contribution in [-0.2, 0) is 9.47 Å². The molecule has 13 heavy (non-hydrogen) atoms. The van der Waals surface area contributed by atoms with Gasteiger partial charge in [-0.05, 0) is 26.2 Å². The SMILES string of the molecule is C[C@@H](OC1CCCCO1)C(=N)N.Cl. The molecule has 1 fully saturated rings. The Balaban J connectivity index is 0.00000144. The van der Waals surface area contributed by atoms with Gasteiger partial charge < -0.3 is 15.2 Å². The Labute approximate surface area is 84.7 Å². The first-order valence-corrected chi connectivity index (χ1v) is 4.31. The lowest BCUT2D eigenvalue weighted by molar-refractivity contribution is -0.171. The van der Waals surface area contributed by atoms with Gasteiger partial charge in [0, 0.05) is 6.61 Å². The Kier molecular flexibility index (Phi) is 6.03. The van der Waals surface area contributed by atoms with E-state index in [1.165, 1.54) is 0 Å². The van der Waals surface area contributed by atoms with Crippen molar-refractivity contribution in [3.05, 3.63) is 0 Å². The number of ether oxygens (including phenoxy) is 2. The molecule has 5 heteroatoms. The van der Waals surface area contributed by atoms with E-state index in [4.69, 9.17) is 20.6 Å². The van der Waals surface area contributed by atoms with Crippen LogP contribution in [0.3, 0.4) is 0 Å². The molecule has 0 aromatic heterocycles. The van der Waals surface area contributed by atoms with Crippen LogP contribution in [0.1, 0.15) is 26.2 Å². The van der Waals surface area contributed by atoms with Crippen LogP contribution in [0.5, 0.6) is 0 Å². The highest BCUT2D eigenvalue weighted by Crippen LogP contribution is 2.14. The molecule has 2 atom stereocenters. The van der Waals surface area contributed by atoms with Crippen LogP contribution < -0.4 is 5.73 Å². The van der Waals surface area contributed by atoms with Gasteiger partial charge >= 0.3 is 0 Å². The lowest BCUT2D eigenvalue weighted by atomic mass is 10.2. The highest BCUT2D eigenvalue weighted by atomic mass is 35.5. The maximum atomic E-state index is 7.12. The van der Waals surface area contributed by atoms with Crippen LogP contribution in [-0.4, -0.2) is 24.8 Å². The molecule has 1 aliphatic rings. The minimum Gasteiger partial charge on any atom is -0.385 e. The third-order valence-corrected chi connectivity index (χ3v) is 1.93. The Morgan fingerprint density at radius 1 is 1.62 bits per heavy atom. The number of hydrogen-bond acceptors (Lipinski definition) is 3. The summed E-state index contributed by atoms with van der Waals surface area (Å²) in [6, 6.07) is 0. The van der Waals surface area contributed by atoms with Crippen molar-refractivity contribution < 1.29 is 9.47 Å². The second kappa shape index (κ2) is 6.18. The van der Waals surface area contributed by atoms with Crippen LogP contribution in [0.4, 0.5) is 0 Å². The molecule has 3 N–H and O–H groups in total. The van der Waals surface area contributed by atoms with Gasteiger partial charge in [0.15, 0.2) is 6.29 Å². The van der Waals surface area contributed by atoms with E-state index in [-0.39, 0.29) is 30.6 Å². The summed E-state index contributed by atoms with van der Waals surface area (Å²) in [6.07, 6.45) is 2.67. The molecule has 4 nitrogen and oxygen atoms in total. The second-order valence-corrected chi connectivity index (χ2v) is 3.03. The normalized spacial score (nSPS) is 24.5. The Morgan fingerprint density at radius 2 is 2.31 bits per heavy atom. The summed E-state index contributed by atoms with van der Waals surface area (Å²) in [5.74, 6) is 0.0594. The zero-order valence-corrected chi connectivity index (χ0v) is 8.60. The molecule has 1 rings (SSSR count). The van der Waals surface area contributed by atoms with E-state index < -0.39 is 0 Å². The van der Waals surface area contributed by atoms with Gasteiger partial charge in [-0.2, -0.15) is 0 Å². The molecule has 1 saturated heterocycles. The van der Waals surface area contributed by atoms with E-state index in [1.54, 1.807) is 6.92 Å². The van der Waals surface area contributed by atoms with E-state index >= 15 is 0 Å². The summed E-state index contributed by atoms with van der Waals surface area (Å²) in [5, 5.41) is 7.12. The lowest BCUT2D eigenvalue weighted by Crippen LogP contribution is -2.34. The Hall–Kier alpha value is -0.320. The van der Waals surface area contributed by atoms with E-state index in [9.17, 15) is 0 Å². The summed E-state index contributed by atoms with van der Waals surface area (Å²) < 4.78 is 10.7. The summed E-state index contributed by atoms with van der Waals surface area (Å²) in [5.41, 5.74) is 5.26. The van der Waals surface area contributed by atoms with Crippen LogP contribution in [0.25, 0.3) is 0 Å². The average molecular weight is 209 g/mol. The van der Waals surface area contributed by atoms with Crippen molar-refractivity contribution in [3.8, 4) is 0 Å². The van der Waals surface area contributed by atoms with Crippen LogP contribution in [0.15, 0.2) is 0 Å². The molecule has 0 radical (unpaired) electrons. The molecule has 1 heterocycles. The smallest absolute Gasteiger partial charge is 0.158 e. The van der Waals surface area contributed by atoms with Crippen molar-refractivity contribution in [3.63, 3.8) is 0 Å². The van der Waals surface area contributed by atoms with Crippen molar-refractivity contribution >= 4 is 18.2 Å². The van der Waals surface area contributed by atoms with Gasteiger partial charge in [0.05, 0.1) is 0 Å². The first-order chi connectivity index (χ1) is 5.70. The van der Waals surface area contributed by atoms with Gasteiger partial charge in [-0.1, -0.05) is 0 Å². The average Bonchev–Trinajstić information content (AvgIpc) is 2.06. The number of amidine groups is 1. The van der Waals surface area contributed by atoms with Crippen molar-refractivity contribution in [2.45, 2.75) is 38.6 Å².